The van der Waals surface area contributed by atoms with Gasteiger partial charge in [0.05, 0.1) is 16.7 Å². The van der Waals surface area contributed by atoms with Crippen molar-refractivity contribution in [2.24, 2.45) is 9.98 Å². The Morgan fingerprint density at radius 2 is 1.16 bits per heavy atom. The van der Waals surface area contributed by atoms with E-state index in [4.69, 9.17) is 9.98 Å². The zero-order valence-corrected chi connectivity index (χ0v) is 28.9. The summed E-state index contributed by atoms with van der Waals surface area (Å²) in [4.78, 5) is 10.4. The molecule has 0 amide bonds. The van der Waals surface area contributed by atoms with Gasteiger partial charge in [0.15, 0.2) is 5.84 Å². The number of thiophene rings is 1. The van der Waals surface area contributed by atoms with Crippen molar-refractivity contribution in [3.05, 3.63) is 193 Å². The third-order valence-electron chi connectivity index (χ3n) is 9.56. The van der Waals surface area contributed by atoms with Crippen molar-refractivity contribution in [3.8, 4) is 16.8 Å². The predicted octanol–water partition coefficient (Wildman–Crippen LogP) is 12.7. The van der Waals surface area contributed by atoms with E-state index in [-0.39, 0.29) is 0 Å². The van der Waals surface area contributed by atoms with Gasteiger partial charge in [0, 0.05) is 53.5 Å². The Morgan fingerprint density at radius 1 is 0.490 bits per heavy atom. The van der Waals surface area contributed by atoms with Crippen molar-refractivity contribution in [2.45, 2.75) is 6.92 Å². The molecule has 7 aromatic carbocycles. The molecule has 0 radical (unpaired) electrons. The molecular weight excluding hydrogens is 639 g/mol. The summed E-state index contributed by atoms with van der Waals surface area (Å²) >= 11 is 1.80. The zero-order chi connectivity index (χ0) is 34.3. The lowest BCUT2D eigenvalue weighted by Gasteiger charge is -2.12. The molecule has 0 N–H and O–H groups in total. The number of amidine groups is 1. The van der Waals surface area contributed by atoms with Crippen molar-refractivity contribution >= 4 is 70.6 Å². The smallest absolute Gasteiger partial charge is 0.160 e. The van der Waals surface area contributed by atoms with E-state index in [0.717, 1.165) is 39.1 Å². The minimum absolute atomic E-state index is 0.616. The number of fused-ring (bicyclic) bond motifs is 6. The van der Waals surface area contributed by atoms with Crippen LogP contribution in [-0.4, -0.2) is 16.1 Å². The van der Waals surface area contributed by atoms with Crippen LogP contribution in [0.3, 0.4) is 0 Å². The van der Waals surface area contributed by atoms with Gasteiger partial charge in [0.2, 0.25) is 0 Å². The van der Waals surface area contributed by atoms with Gasteiger partial charge in [-0.25, -0.2) is 9.98 Å². The molecule has 0 spiro atoms. The lowest BCUT2D eigenvalue weighted by Crippen LogP contribution is -2.05. The Labute approximate surface area is 300 Å². The van der Waals surface area contributed by atoms with Crippen LogP contribution < -0.4 is 0 Å². The zero-order valence-electron chi connectivity index (χ0n) is 28.1. The molecule has 0 saturated carbocycles. The maximum Gasteiger partial charge on any atom is 0.160 e. The van der Waals surface area contributed by atoms with Crippen LogP contribution in [0.25, 0.3) is 64.5 Å². The van der Waals surface area contributed by atoms with Crippen LogP contribution in [0.5, 0.6) is 0 Å². The lowest BCUT2D eigenvalue weighted by molar-refractivity contribution is 1.18. The van der Waals surface area contributed by atoms with Crippen molar-refractivity contribution < 1.29 is 0 Å². The number of aromatic nitrogens is 1. The first kappa shape index (κ1) is 30.7. The van der Waals surface area contributed by atoms with E-state index in [2.05, 4.69) is 163 Å². The van der Waals surface area contributed by atoms with Gasteiger partial charge in [-0.15, -0.1) is 11.3 Å². The van der Waals surface area contributed by atoms with Crippen LogP contribution >= 0.6 is 11.3 Å². The molecule has 4 heteroatoms. The first-order valence-corrected chi connectivity index (χ1v) is 17.9. The number of aliphatic imine (C=N–C) groups is 2. The molecule has 0 atom stereocenters. The van der Waals surface area contributed by atoms with Gasteiger partial charge in [-0.05, 0) is 60.0 Å². The fourth-order valence-electron chi connectivity index (χ4n) is 7.00. The number of benzene rings is 7. The number of para-hydroxylation sites is 1. The molecule has 0 unspecified atom stereocenters. The van der Waals surface area contributed by atoms with Gasteiger partial charge in [0.25, 0.3) is 0 Å². The van der Waals surface area contributed by atoms with Gasteiger partial charge in [0.1, 0.15) is 0 Å². The molecular formula is C47H33N3S. The highest BCUT2D eigenvalue weighted by Gasteiger charge is 2.15. The molecule has 242 valence electrons. The Bertz CT molecular complexity index is 2820. The standard InChI is InChI=1S/C47H33N3S/c1-31(33-14-5-3-6-15-33)48-47(49-32(2)35-24-27-42-41-21-10-12-23-45(41)51-46(42)30-35)37-18-13-19-38(28-37)50-43-22-11-9-20-39(43)40-26-25-36(29-44(40)50)34-16-7-4-8-17-34/h3-30H,2H2,1H3. The van der Waals surface area contributed by atoms with Gasteiger partial charge >= 0.3 is 0 Å². The van der Waals surface area contributed by atoms with E-state index < -0.39 is 0 Å². The first-order chi connectivity index (χ1) is 25.1. The van der Waals surface area contributed by atoms with Crippen LogP contribution in [0.2, 0.25) is 0 Å². The Balaban J connectivity index is 1.20. The number of rotatable bonds is 6. The molecule has 0 fully saturated rings. The van der Waals surface area contributed by atoms with Crippen molar-refractivity contribution in [1.29, 1.82) is 0 Å². The maximum atomic E-state index is 5.18. The number of hydrogen-bond acceptors (Lipinski definition) is 2. The fourth-order valence-corrected chi connectivity index (χ4v) is 8.14. The second kappa shape index (κ2) is 12.8. The van der Waals surface area contributed by atoms with E-state index >= 15 is 0 Å². The molecule has 9 aromatic rings. The minimum Gasteiger partial charge on any atom is -0.309 e. The second-order valence-corrected chi connectivity index (χ2v) is 13.8. The fraction of sp³-hybridized carbons (Fsp3) is 0.0213. The lowest BCUT2D eigenvalue weighted by atomic mass is 10.0. The average molecular weight is 672 g/mol. The molecule has 0 saturated heterocycles. The first-order valence-electron chi connectivity index (χ1n) is 17.1. The summed E-state index contributed by atoms with van der Waals surface area (Å²) in [5.41, 5.74) is 10.2. The van der Waals surface area contributed by atoms with Crippen LogP contribution in [-0.2, 0) is 0 Å². The Hall–Kier alpha value is -6.36. The van der Waals surface area contributed by atoms with E-state index in [1.54, 1.807) is 11.3 Å². The maximum absolute atomic E-state index is 5.18. The average Bonchev–Trinajstić information content (AvgIpc) is 3.73. The van der Waals surface area contributed by atoms with Crippen LogP contribution in [0.4, 0.5) is 0 Å². The van der Waals surface area contributed by atoms with Crippen molar-refractivity contribution in [3.63, 3.8) is 0 Å². The van der Waals surface area contributed by atoms with E-state index in [1.807, 2.05) is 25.1 Å². The van der Waals surface area contributed by atoms with E-state index in [1.165, 1.54) is 42.1 Å². The quantitative estimate of drug-likeness (QED) is 0.124. The molecule has 9 rings (SSSR count). The van der Waals surface area contributed by atoms with Gasteiger partial charge in [-0.3, -0.25) is 0 Å². The summed E-state index contributed by atoms with van der Waals surface area (Å²) in [5, 5.41) is 4.96. The van der Waals surface area contributed by atoms with Crippen LogP contribution in [0.15, 0.2) is 186 Å². The third-order valence-corrected chi connectivity index (χ3v) is 10.7. The molecule has 2 aromatic heterocycles. The van der Waals surface area contributed by atoms with E-state index in [0.29, 0.717) is 11.5 Å². The molecule has 0 aliphatic heterocycles. The second-order valence-electron chi connectivity index (χ2n) is 12.8. The monoisotopic (exact) mass is 671 g/mol. The summed E-state index contributed by atoms with van der Waals surface area (Å²) in [6.45, 7) is 6.51. The largest absolute Gasteiger partial charge is 0.309 e. The van der Waals surface area contributed by atoms with Crippen LogP contribution in [0.1, 0.15) is 23.6 Å². The third kappa shape index (κ3) is 5.66. The normalized spacial score (nSPS) is 12.3. The Morgan fingerprint density at radius 3 is 2.00 bits per heavy atom. The van der Waals surface area contributed by atoms with Crippen LogP contribution in [0, 0.1) is 0 Å². The number of hydrogen-bond donors (Lipinski definition) is 0. The van der Waals surface area contributed by atoms with Gasteiger partial charge in [-0.2, -0.15) is 0 Å². The SMILES string of the molecule is C=C(N=C(N=C(C)c1ccccc1)c1cccc(-n2c3ccccc3c3ccc(-c4ccccc4)cc32)c1)c1ccc2c(c1)sc1ccccc12. The minimum atomic E-state index is 0.616. The van der Waals surface area contributed by atoms with Gasteiger partial charge < -0.3 is 4.57 Å². The molecule has 51 heavy (non-hydrogen) atoms. The molecule has 0 bridgehead atoms. The summed E-state index contributed by atoms with van der Waals surface area (Å²) in [6, 6.07) is 59.9. The highest BCUT2D eigenvalue weighted by molar-refractivity contribution is 7.25. The van der Waals surface area contributed by atoms with Crippen molar-refractivity contribution in [1.82, 2.24) is 4.57 Å². The summed E-state index contributed by atoms with van der Waals surface area (Å²) < 4.78 is 4.86. The van der Waals surface area contributed by atoms with E-state index in [9.17, 15) is 0 Å². The molecule has 2 heterocycles. The topological polar surface area (TPSA) is 29.6 Å². The Kier molecular flexibility index (Phi) is 7.72. The van der Waals surface area contributed by atoms with Crippen molar-refractivity contribution in [2.75, 3.05) is 0 Å². The highest BCUT2D eigenvalue weighted by Crippen LogP contribution is 2.37. The summed E-state index contributed by atoms with van der Waals surface area (Å²) in [7, 11) is 0. The molecule has 3 nitrogen and oxygen atoms in total. The highest BCUT2D eigenvalue weighted by atomic mass is 32.1. The predicted molar refractivity (Wildman–Crippen MR) is 220 cm³/mol. The molecule has 0 aliphatic rings. The summed E-state index contributed by atoms with van der Waals surface area (Å²) in [5.74, 6) is 0.616. The number of nitrogens with zero attached hydrogens (tertiary/aromatic N) is 3. The van der Waals surface area contributed by atoms with Gasteiger partial charge in [-0.1, -0.05) is 140 Å². The molecule has 0 aliphatic carbocycles. The summed E-state index contributed by atoms with van der Waals surface area (Å²) in [6.07, 6.45) is 0.